The minimum absolute atomic E-state index is 0.0609. The van der Waals surface area contributed by atoms with Crippen molar-refractivity contribution >= 4 is 40.0 Å². The van der Waals surface area contributed by atoms with Crippen LogP contribution in [0.15, 0.2) is 45.7 Å². The second kappa shape index (κ2) is 14.6. The molecule has 0 N–H and O–H groups in total. The zero-order valence-electron chi connectivity index (χ0n) is 29.0. The maximum atomic E-state index is 13.4. The van der Waals surface area contributed by atoms with Crippen LogP contribution in [0.3, 0.4) is 0 Å². The quantitative estimate of drug-likeness (QED) is 0.225. The van der Waals surface area contributed by atoms with Crippen molar-refractivity contribution in [2.45, 2.75) is 111 Å². The van der Waals surface area contributed by atoms with Crippen molar-refractivity contribution < 1.29 is 37.9 Å². The monoisotopic (exact) mass is 729 g/mol. The molecule has 2 aromatic heterocycles. The molecular weight excluding hydrogens is 686 g/mol. The van der Waals surface area contributed by atoms with Crippen molar-refractivity contribution in [1.82, 2.24) is 20.0 Å². The number of carbonyl (C=O) groups is 3. The third-order valence-corrected chi connectivity index (χ3v) is 6.95. The van der Waals surface area contributed by atoms with Gasteiger partial charge in [0.25, 0.3) is 0 Å². The standard InChI is InChI=1S/C34H44BrN5O8/c1-32(2,3)45-29(41)39(26-12-10-11-17-44-26)20-21-13-15-22(16-14-21)23-18-24(48-38-23)27-28(37-25(35)19-36-27)40(30(42)46-33(4,5)6)31(43)47-34(7,8)9/h13-16,18-19,26H,10-12,17,20H2,1-9H3. The molecule has 0 bridgehead atoms. The Balaban J connectivity index is 1.63. The van der Waals surface area contributed by atoms with Crippen LogP contribution in [0.5, 0.6) is 0 Å². The first-order chi connectivity index (χ1) is 22.3. The van der Waals surface area contributed by atoms with Gasteiger partial charge in [-0.05, 0) is 103 Å². The molecule has 48 heavy (non-hydrogen) atoms. The van der Waals surface area contributed by atoms with Gasteiger partial charge in [-0.1, -0.05) is 29.4 Å². The van der Waals surface area contributed by atoms with Crippen LogP contribution in [0.1, 0.15) is 87.1 Å². The zero-order valence-corrected chi connectivity index (χ0v) is 30.5. The Morgan fingerprint density at radius 3 is 2.00 bits per heavy atom. The van der Waals surface area contributed by atoms with E-state index in [0.717, 1.165) is 24.8 Å². The van der Waals surface area contributed by atoms with Crippen LogP contribution in [0.4, 0.5) is 20.2 Å². The summed E-state index contributed by atoms with van der Waals surface area (Å²) in [4.78, 5) is 51.0. The number of carbonyl (C=O) groups excluding carboxylic acids is 3. The van der Waals surface area contributed by atoms with Crippen LogP contribution in [0, 0.1) is 0 Å². The average Bonchev–Trinajstić information content (AvgIpc) is 3.44. The van der Waals surface area contributed by atoms with E-state index in [2.05, 4.69) is 31.1 Å². The van der Waals surface area contributed by atoms with Gasteiger partial charge in [-0.15, -0.1) is 0 Å². The van der Waals surface area contributed by atoms with Gasteiger partial charge in [0.05, 0.1) is 12.7 Å². The summed E-state index contributed by atoms with van der Waals surface area (Å²) in [6.45, 7) is 16.5. The molecule has 13 nitrogen and oxygen atoms in total. The summed E-state index contributed by atoms with van der Waals surface area (Å²) in [5, 5.41) is 4.22. The molecule has 1 atom stereocenters. The summed E-state index contributed by atoms with van der Waals surface area (Å²) >= 11 is 3.28. The number of hydrogen-bond donors (Lipinski definition) is 0. The third kappa shape index (κ3) is 10.2. The van der Waals surface area contributed by atoms with Crippen molar-refractivity contribution in [3.05, 3.63) is 46.7 Å². The minimum Gasteiger partial charge on any atom is -0.444 e. The van der Waals surface area contributed by atoms with Gasteiger partial charge < -0.3 is 23.5 Å². The second-order valence-electron chi connectivity index (χ2n) is 14.4. The lowest BCUT2D eigenvalue weighted by Gasteiger charge is -2.35. The van der Waals surface area contributed by atoms with Gasteiger partial charge in [-0.25, -0.2) is 24.4 Å². The average molecular weight is 731 g/mol. The SMILES string of the molecule is CC(C)(C)OC(=O)N(C(=O)OC(C)(C)C)c1nc(Br)cnc1-c1cc(-c2ccc(CN(C(=O)OC(C)(C)C)C3CCCCO3)cc2)no1. The highest BCUT2D eigenvalue weighted by Gasteiger charge is 2.37. The topological polar surface area (TPSA) is 146 Å². The summed E-state index contributed by atoms with van der Waals surface area (Å²) in [5.41, 5.74) is -0.373. The lowest BCUT2D eigenvalue weighted by Crippen LogP contribution is -2.45. The first-order valence-electron chi connectivity index (χ1n) is 15.8. The highest BCUT2D eigenvalue weighted by molar-refractivity contribution is 9.10. The Morgan fingerprint density at radius 2 is 1.46 bits per heavy atom. The molecule has 4 rings (SSSR count). The predicted octanol–water partition coefficient (Wildman–Crippen LogP) is 8.50. The van der Waals surface area contributed by atoms with E-state index in [1.807, 2.05) is 45.0 Å². The summed E-state index contributed by atoms with van der Waals surface area (Å²) in [5.74, 6) is -0.0233. The number of hydrogen-bond acceptors (Lipinski definition) is 11. The van der Waals surface area contributed by atoms with E-state index in [4.69, 9.17) is 23.5 Å². The lowest BCUT2D eigenvalue weighted by atomic mass is 10.1. The lowest BCUT2D eigenvalue weighted by molar-refractivity contribution is -0.0911. The highest BCUT2D eigenvalue weighted by Crippen LogP contribution is 2.34. The van der Waals surface area contributed by atoms with Crippen LogP contribution in [0.25, 0.3) is 22.7 Å². The number of aromatic nitrogens is 3. The van der Waals surface area contributed by atoms with Crippen molar-refractivity contribution in [2.75, 3.05) is 11.5 Å². The van der Waals surface area contributed by atoms with Crippen molar-refractivity contribution in [3.8, 4) is 22.7 Å². The maximum absolute atomic E-state index is 13.4. The molecule has 0 aliphatic carbocycles. The highest BCUT2D eigenvalue weighted by atomic mass is 79.9. The third-order valence-electron chi connectivity index (χ3n) is 6.57. The Kier molecular flexibility index (Phi) is 11.2. The zero-order chi connectivity index (χ0) is 35.4. The van der Waals surface area contributed by atoms with Crippen LogP contribution in [-0.4, -0.2) is 67.9 Å². The molecule has 1 saturated heterocycles. The summed E-state index contributed by atoms with van der Waals surface area (Å²) in [6, 6.07) is 9.12. The van der Waals surface area contributed by atoms with Crippen LogP contribution < -0.4 is 4.90 Å². The normalized spacial score (nSPS) is 15.4. The van der Waals surface area contributed by atoms with E-state index in [1.165, 1.54) is 6.20 Å². The minimum atomic E-state index is -1.00. The molecule has 3 heterocycles. The molecule has 1 aliphatic heterocycles. The summed E-state index contributed by atoms with van der Waals surface area (Å²) < 4.78 is 28.6. The van der Waals surface area contributed by atoms with Gasteiger partial charge in [0.2, 0.25) is 0 Å². The number of amides is 3. The van der Waals surface area contributed by atoms with Gasteiger partial charge in [-0.2, -0.15) is 4.90 Å². The molecule has 1 unspecified atom stereocenters. The van der Waals surface area contributed by atoms with Gasteiger partial charge in [0.15, 0.2) is 17.3 Å². The van der Waals surface area contributed by atoms with Gasteiger partial charge in [-0.3, -0.25) is 4.90 Å². The van der Waals surface area contributed by atoms with E-state index >= 15 is 0 Å². The molecule has 14 heteroatoms. The van der Waals surface area contributed by atoms with E-state index in [-0.39, 0.29) is 28.1 Å². The molecule has 3 aromatic rings. The number of rotatable bonds is 6. The van der Waals surface area contributed by atoms with E-state index in [0.29, 0.717) is 29.3 Å². The number of benzene rings is 1. The molecule has 0 radical (unpaired) electrons. The fourth-order valence-corrected chi connectivity index (χ4v) is 4.90. The van der Waals surface area contributed by atoms with Crippen molar-refractivity contribution in [2.24, 2.45) is 0 Å². The molecule has 1 fully saturated rings. The van der Waals surface area contributed by atoms with Crippen LogP contribution in [0.2, 0.25) is 0 Å². The summed E-state index contributed by atoms with van der Waals surface area (Å²) in [7, 11) is 0. The largest absolute Gasteiger partial charge is 0.444 e. The first kappa shape index (κ1) is 36.8. The Hall–Kier alpha value is -4.04. The van der Waals surface area contributed by atoms with E-state index < -0.39 is 35.1 Å². The molecule has 3 amide bonds. The Morgan fingerprint density at radius 1 is 0.875 bits per heavy atom. The van der Waals surface area contributed by atoms with Gasteiger partial charge >= 0.3 is 18.3 Å². The molecular formula is C34H44BrN5O8. The maximum Gasteiger partial charge on any atom is 0.425 e. The molecule has 0 saturated carbocycles. The Labute approximate surface area is 289 Å². The number of halogens is 1. The van der Waals surface area contributed by atoms with Gasteiger partial charge in [0.1, 0.15) is 33.3 Å². The smallest absolute Gasteiger partial charge is 0.425 e. The number of nitrogens with zero attached hydrogens (tertiary/aromatic N) is 5. The van der Waals surface area contributed by atoms with E-state index in [1.54, 1.807) is 52.5 Å². The summed E-state index contributed by atoms with van der Waals surface area (Å²) in [6.07, 6.45) is 1.27. The number of anilines is 1. The molecule has 1 aliphatic rings. The molecule has 0 spiro atoms. The van der Waals surface area contributed by atoms with Crippen molar-refractivity contribution in [3.63, 3.8) is 0 Å². The van der Waals surface area contributed by atoms with Crippen LogP contribution >= 0.6 is 15.9 Å². The molecule has 1 aromatic carbocycles. The fraction of sp³-hybridized carbons (Fsp3) is 0.529. The second-order valence-corrected chi connectivity index (χ2v) is 15.2. The predicted molar refractivity (Wildman–Crippen MR) is 181 cm³/mol. The molecule has 260 valence electrons. The van der Waals surface area contributed by atoms with Crippen LogP contribution in [-0.2, 0) is 25.5 Å². The number of ether oxygens (including phenoxy) is 4. The fourth-order valence-electron chi connectivity index (χ4n) is 4.63. The number of imide groups is 1. The van der Waals surface area contributed by atoms with Crippen molar-refractivity contribution in [1.29, 1.82) is 0 Å². The Bertz CT molecular complexity index is 1570. The van der Waals surface area contributed by atoms with E-state index in [9.17, 15) is 14.4 Å². The first-order valence-corrected chi connectivity index (χ1v) is 16.6. The van der Waals surface area contributed by atoms with Gasteiger partial charge in [0, 0.05) is 18.2 Å².